The summed E-state index contributed by atoms with van der Waals surface area (Å²) < 4.78 is 27.2. The van der Waals surface area contributed by atoms with Gasteiger partial charge in [0.15, 0.2) is 23.0 Å². The standard InChI is InChI=1S/C25H27NO5/c1-27-23-12-18(13-24(28-2)25(23)29-3)5-7-20-10-19(14-26-15-20)6-4-17-8-9-21-22(11-17)31-16-30-21/h8-15H,4-7,16H2,1-3H3. The van der Waals surface area contributed by atoms with E-state index < -0.39 is 0 Å². The maximum atomic E-state index is 5.47. The molecule has 0 unspecified atom stereocenters. The molecule has 0 bridgehead atoms. The second-order valence-electron chi connectivity index (χ2n) is 7.42. The summed E-state index contributed by atoms with van der Waals surface area (Å²) in [7, 11) is 4.88. The molecule has 6 heteroatoms. The van der Waals surface area contributed by atoms with Crippen molar-refractivity contribution in [2.24, 2.45) is 0 Å². The average Bonchev–Trinajstić information content (AvgIpc) is 3.29. The smallest absolute Gasteiger partial charge is 0.231 e. The second-order valence-corrected chi connectivity index (χ2v) is 7.42. The lowest BCUT2D eigenvalue weighted by atomic mass is 10.0. The number of hydrogen-bond acceptors (Lipinski definition) is 6. The van der Waals surface area contributed by atoms with Gasteiger partial charge in [0.2, 0.25) is 12.5 Å². The zero-order valence-corrected chi connectivity index (χ0v) is 18.1. The van der Waals surface area contributed by atoms with Crippen LogP contribution in [-0.4, -0.2) is 33.1 Å². The largest absolute Gasteiger partial charge is 0.493 e. The van der Waals surface area contributed by atoms with Crippen molar-refractivity contribution in [1.29, 1.82) is 0 Å². The zero-order valence-electron chi connectivity index (χ0n) is 18.1. The van der Waals surface area contributed by atoms with Crippen molar-refractivity contribution in [3.63, 3.8) is 0 Å². The molecule has 0 fully saturated rings. The Morgan fingerprint density at radius 3 is 1.94 bits per heavy atom. The highest BCUT2D eigenvalue weighted by Gasteiger charge is 2.14. The zero-order chi connectivity index (χ0) is 21.6. The van der Waals surface area contributed by atoms with Gasteiger partial charge in [-0.15, -0.1) is 0 Å². The minimum atomic E-state index is 0.302. The molecule has 1 aromatic heterocycles. The van der Waals surface area contributed by atoms with Gasteiger partial charge in [0, 0.05) is 12.4 Å². The fourth-order valence-electron chi connectivity index (χ4n) is 3.77. The normalized spacial score (nSPS) is 12.0. The molecule has 1 aliphatic heterocycles. The van der Waals surface area contributed by atoms with Gasteiger partial charge in [0.1, 0.15) is 0 Å². The van der Waals surface area contributed by atoms with Crippen LogP contribution in [0.1, 0.15) is 22.3 Å². The van der Waals surface area contributed by atoms with Crippen molar-refractivity contribution < 1.29 is 23.7 Å². The lowest BCUT2D eigenvalue weighted by Crippen LogP contribution is -1.99. The average molecular weight is 421 g/mol. The lowest BCUT2D eigenvalue weighted by Gasteiger charge is -2.14. The lowest BCUT2D eigenvalue weighted by molar-refractivity contribution is 0.174. The number of benzene rings is 2. The predicted octanol–water partition coefficient (Wildman–Crippen LogP) is 4.41. The Labute approximate surface area is 182 Å². The molecule has 0 saturated heterocycles. The fourth-order valence-corrected chi connectivity index (χ4v) is 3.77. The third-order valence-corrected chi connectivity index (χ3v) is 5.42. The first kappa shape index (κ1) is 20.8. The first-order chi connectivity index (χ1) is 15.2. The van der Waals surface area contributed by atoms with E-state index in [9.17, 15) is 0 Å². The van der Waals surface area contributed by atoms with Gasteiger partial charge >= 0.3 is 0 Å². The molecule has 2 heterocycles. The van der Waals surface area contributed by atoms with Gasteiger partial charge < -0.3 is 23.7 Å². The summed E-state index contributed by atoms with van der Waals surface area (Å²) in [6.07, 6.45) is 7.45. The predicted molar refractivity (Wildman–Crippen MR) is 118 cm³/mol. The molecule has 1 aliphatic rings. The molecule has 0 aliphatic carbocycles. The Kier molecular flexibility index (Phi) is 6.46. The molecule has 0 N–H and O–H groups in total. The van der Waals surface area contributed by atoms with E-state index in [0.717, 1.165) is 42.7 Å². The SMILES string of the molecule is COc1cc(CCc2cncc(CCc3ccc4c(c3)OCO4)c2)cc(OC)c1OC. The Morgan fingerprint density at radius 2 is 1.29 bits per heavy atom. The summed E-state index contributed by atoms with van der Waals surface area (Å²) in [5.41, 5.74) is 4.78. The molecule has 2 aromatic carbocycles. The molecular weight excluding hydrogens is 394 g/mol. The van der Waals surface area contributed by atoms with Crippen molar-refractivity contribution >= 4 is 0 Å². The first-order valence-corrected chi connectivity index (χ1v) is 10.3. The van der Waals surface area contributed by atoms with Crippen LogP contribution in [0.3, 0.4) is 0 Å². The van der Waals surface area contributed by atoms with Crippen LogP contribution in [0.4, 0.5) is 0 Å². The molecule has 0 amide bonds. The van der Waals surface area contributed by atoms with E-state index >= 15 is 0 Å². The van der Waals surface area contributed by atoms with Crippen molar-refractivity contribution in [3.05, 3.63) is 71.0 Å². The summed E-state index contributed by atoms with van der Waals surface area (Å²) >= 11 is 0. The minimum Gasteiger partial charge on any atom is -0.493 e. The first-order valence-electron chi connectivity index (χ1n) is 10.3. The molecule has 0 radical (unpaired) electrons. The highest BCUT2D eigenvalue weighted by molar-refractivity contribution is 5.54. The van der Waals surface area contributed by atoms with Crippen LogP contribution in [0.5, 0.6) is 28.7 Å². The molecule has 0 saturated carbocycles. The third-order valence-electron chi connectivity index (χ3n) is 5.42. The minimum absolute atomic E-state index is 0.302. The Hall–Kier alpha value is -3.41. The Morgan fingerprint density at radius 1 is 0.677 bits per heavy atom. The van der Waals surface area contributed by atoms with E-state index in [-0.39, 0.29) is 0 Å². The number of ether oxygens (including phenoxy) is 5. The molecule has 6 nitrogen and oxygen atoms in total. The number of pyridine rings is 1. The van der Waals surface area contributed by atoms with Gasteiger partial charge in [-0.25, -0.2) is 0 Å². The fraction of sp³-hybridized carbons (Fsp3) is 0.320. The van der Waals surface area contributed by atoms with E-state index in [1.807, 2.05) is 30.6 Å². The summed E-state index contributed by atoms with van der Waals surface area (Å²) in [5, 5.41) is 0. The highest BCUT2D eigenvalue weighted by Crippen LogP contribution is 2.38. The van der Waals surface area contributed by atoms with Crippen LogP contribution in [0.15, 0.2) is 48.8 Å². The van der Waals surface area contributed by atoms with Crippen LogP contribution in [-0.2, 0) is 25.7 Å². The van der Waals surface area contributed by atoms with E-state index in [4.69, 9.17) is 23.7 Å². The van der Waals surface area contributed by atoms with Crippen LogP contribution in [0.2, 0.25) is 0 Å². The van der Waals surface area contributed by atoms with Crippen molar-refractivity contribution in [2.45, 2.75) is 25.7 Å². The molecule has 3 aromatic rings. The number of aromatic nitrogens is 1. The van der Waals surface area contributed by atoms with Crippen LogP contribution >= 0.6 is 0 Å². The van der Waals surface area contributed by atoms with Gasteiger partial charge in [0.05, 0.1) is 21.3 Å². The summed E-state index contributed by atoms with van der Waals surface area (Å²) in [4.78, 5) is 4.45. The summed E-state index contributed by atoms with van der Waals surface area (Å²) in [6.45, 7) is 0.302. The maximum Gasteiger partial charge on any atom is 0.231 e. The van der Waals surface area contributed by atoms with Gasteiger partial charge in [-0.1, -0.05) is 12.1 Å². The number of fused-ring (bicyclic) bond motifs is 1. The summed E-state index contributed by atoms with van der Waals surface area (Å²) in [5.74, 6) is 3.61. The number of aryl methyl sites for hydroxylation is 4. The van der Waals surface area contributed by atoms with Gasteiger partial charge in [-0.2, -0.15) is 0 Å². The van der Waals surface area contributed by atoms with Gasteiger partial charge in [0.25, 0.3) is 0 Å². The Balaban J connectivity index is 1.40. The third kappa shape index (κ3) is 4.85. The molecular formula is C25H27NO5. The van der Waals surface area contributed by atoms with Crippen molar-refractivity contribution in [1.82, 2.24) is 4.98 Å². The molecule has 31 heavy (non-hydrogen) atoms. The van der Waals surface area contributed by atoms with E-state index in [2.05, 4.69) is 23.2 Å². The van der Waals surface area contributed by atoms with Crippen molar-refractivity contribution in [2.75, 3.05) is 28.1 Å². The van der Waals surface area contributed by atoms with Crippen LogP contribution in [0.25, 0.3) is 0 Å². The van der Waals surface area contributed by atoms with Crippen LogP contribution in [0, 0.1) is 0 Å². The molecule has 0 atom stereocenters. The molecule has 0 spiro atoms. The quantitative estimate of drug-likeness (QED) is 0.510. The van der Waals surface area contributed by atoms with E-state index in [1.165, 1.54) is 16.7 Å². The monoisotopic (exact) mass is 421 g/mol. The number of nitrogens with zero attached hydrogens (tertiary/aromatic N) is 1. The molecule has 162 valence electrons. The van der Waals surface area contributed by atoms with E-state index in [1.54, 1.807) is 21.3 Å². The number of rotatable bonds is 9. The van der Waals surface area contributed by atoms with Gasteiger partial charge in [-0.05, 0) is 72.2 Å². The second kappa shape index (κ2) is 9.60. The van der Waals surface area contributed by atoms with Gasteiger partial charge in [-0.3, -0.25) is 4.98 Å². The van der Waals surface area contributed by atoms with Crippen LogP contribution < -0.4 is 23.7 Å². The maximum absolute atomic E-state index is 5.47. The summed E-state index contributed by atoms with van der Waals surface area (Å²) in [6, 6.07) is 12.4. The highest BCUT2D eigenvalue weighted by atomic mass is 16.7. The van der Waals surface area contributed by atoms with Crippen molar-refractivity contribution in [3.8, 4) is 28.7 Å². The molecule has 4 rings (SSSR count). The Bertz CT molecular complexity index is 1020. The topological polar surface area (TPSA) is 59.0 Å². The number of methoxy groups -OCH3 is 3. The van der Waals surface area contributed by atoms with E-state index in [0.29, 0.717) is 24.0 Å². The number of hydrogen-bond donors (Lipinski definition) is 0.